The van der Waals surface area contributed by atoms with Gasteiger partial charge in [0.25, 0.3) is 8.38 Å². The van der Waals surface area contributed by atoms with Crippen LogP contribution in [0.4, 0.5) is 13.6 Å². The van der Waals surface area contributed by atoms with E-state index in [0.29, 0.717) is 6.42 Å². The van der Waals surface area contributed by atoms with Crippen molar-refractivity contribution in [1.29, 1.82) is 0 Å². The maximum absolute atomic E-state index is 15.2. The van der Waals surface area contributed by atoms with Crippen LogP contribution in [0.15, 0.2) is 54.6 Å². The number of unbranched alkanes of at least 4 members (excludes halogenated alkanes) is 1. The minimum atomic E-state index is -3.41. The summed E-state index contributed by atoms with van der Waals surface area (Å²) in [5, 5.41) is 0.259. The molecule has 0 unspecified atom stereocenters. The van der Waals surface area contributed by atoms with Crippen LogP contribution in [0.3, 0.4) is 0 Å². The van der Waals surface area contributed by atoms with Crippen molar-refractivity contribution in [3.8, 4) is 0 Å². The number of hydrogen-bond acceptors (Lipinski definition) is 6. The third-order valence-corrected chi connectivity index (χ3v) is 6.90. The Morgan fingerprint density at radius 1 is 0.944 bits per heavy atom. The van der Waals surface area contributed by atoms with Gasteiger partial charge in [0.15, 0.2) is 0 Å². The molecule has 0 saturated carbocycles. The number of aromatic nitrogens is 1. The van der Waals surface area contributed by atoms with Crippen molar-refractivity contribution in [2.24, 2.45) is 0 Å². The van der Waals surface area contributed by atoms with Crippen LogP contribution in [0.25, 0.3) is 10.9 Å². The lowest BCUT2D eigenvalue weighted by molar-refractivity contribution is 0.0485. The molecule has 0 aliphatic rings. The topological polar surface area (TPSA) is 76.0 Å². The van der Waals surface area contributed by atoms with Crippen LogP contribution in [0, 0.1) is 0 Å². The van der Waals surface area contributed by atoms with E-state index in [2.05, 4.69) is 0 Å². The van der Waals surface area contributed by atoms with Crippen LogP contribution in [-0.4, -0.2) is 36.5 Å². The quantitative estimate of drug-likeness (QED) is 0.142. The highest BCUT2D eigenvalue weighted by Crippen LogP contribution is 2.60. The van der Waals surface area contributed by atoms with E-state index in [0.717, 1.165) is 16.6 Å². The number of alkyl halides is 2. The number of ether oxygens (including phenoxy) is 2. The molecule has 2 aromatic carbocycles. The molecule has 3 rings (SSSR count). The van der Waals surface area contributed by atoms with Crippen LogP contribution in [0.5, 0.6) is 0 Å². The van der Waals surface area contributed by atoms with Gasteiger partial charge < -0.3 is 18.5 Å². The summed E-state index contributed by atoms with van der Waals surface area (Å²) in [5.41, 5.74) is -2.85. The molecule has 0 amide bonds. The molecule has 36 heavy (non-hydrogen) atoms. The Labute approximate surface area is 210 Å². The predicted octanol–water partition coefficient (Wildman–Crippen LogP) is 7.22. The first-order valence-corrected chi connectivity index (χ1v) is 13.0. The summed E-state index contributed by atoms with van der Waals surface area (Å²) in [7, 11) is -2.53. The molecule has 0 N–H and O–H groups in total. The van der Waals surface area contributed by atoms with Crippen molar-refractivity contribution in [2.45, 2.75) is 45.9 Å². The SMILES string of the molecule is CCCCOC(=O)c1cc2cc(C(F)(F)P(OCC)OCC)ccc2n1C(=O)OCc1ccccc1. The number of esters is 1. The summed E-state index contributed by atoms with van der Waals surface area (Å²) in [6.45, 7) is 5.48. The van der Waals surface area contributed by atoms with Gasteiger partial charge in [-0.25, -0.2) is 14.2 Å². The number of nitrogens with zero attached hydrogens (tertiary/aromatic N) is 1. The summed E-state index contributed by atoms with van der Waals surface area (Å²) in [4.78, 5) is 25.9. The largest absolute Gasteiger partial charge is 0.461 e. The van der Waals surface area contributed by atoms with Crippen LogP contribution < -0.4 is 0 Å². The Morgan fingerprint density at radius 2 is 1.64 bits per heavy atom. The lowest BCUT2D eigenvalue weighted by Crippen LogP contribution is -2.20. The van der Waals surface area contributed by atoms with Gasteiger partial charge in [0.2, 0.25) is 0 Å². The van der Waals surface area contributed by atoms with Crippen molar-refractivity contribution in [3.63, 3.8) is 0 Å². The molecule has 1 heterocycles. The fourth-order valence-corrected chi connectivity index (χ4v) is 4.67. The summed E-state index contributed by atoms with van der Waals surface area (Å²) >= 11 is 0. The maximum Gasteiger partial charge on any atom is 0.419 e. The Hall–Kier alpha value is -2.87. The van der Waals surface area contributed by atoms with Crippen molar-refractivity contribution in [1.82, 2.24) is 4.57 Å². The average molecular weight is 521 g/mol. The number of carbonyl (C=O) groups is 2. The summed E-state index contributed by atoms with van der Waals surface area (Å²) in [6, 6.07) is 14.2. The third-order valence-electron chi connectivity index (χ3n) is 5.20. The molecule has 0 fully saturated rings. The molecule has 0 saturated heterocycles. The molecule has 0 aliphatic carbocycles. The van der Waals surface area contributed by atoms with Gasteiger partial charge in [-0.1, -0.05) is 49.7 Å². The lowest BCUT2D eigenvalue weighted by Gasteiger charge is -2.25. The van der Waals surface area contributed by atoms with Crippen molar-refractivity contribution < 1.29 is 36.9 Å². The third kappa shape index (κ3) is 6.46. The van der Waals surface area contributed by atoms with Crippen LogP contribution in [0.2, 0.25) is 0 Å². The summed E-state index contributed by atoms with van der Waals surface area (Å²) in [6.07, 6.45) is 0.650. The summed E-state index contributed by atoms with van der Waals surface area (Å²) < 4.78 is 52.7. The molecule has 194 valence electrons. The zero-order valence-corrected chi connectivity index (χ0v) is 21.4. The van der Waals surface area contributed by atoms with Gasteiger partial charge in [-0.05, 0) is 44.0 Å². The normalized spacial score (nSPS) is 11.7. The van der Waals surface area contributed by atoms with Crippen LogP contribution in [-0.2, 0) is 30.8 Å². The first kappa shape index (κ1) is 27.7. The second-order valence-electron chi connectivity index (χ2n) is 7.80. The monoisotopic (exact) mass is 521 g/mol. The van der Waals surface area contributed by atoms with Crippen molar-refractivity contribution >= 4 is 31.3 Å². The highest BCUT2D eigenvalue weighted by atomic mass is 31.2. The molecular formula is C26H30F2NO6P. The van der Waals surface area contributed by atoms with Gasteiger partial charge in [0, 0.05) is 10.9 Å². The fraction of sp³-hybridized carbons (Fsp3) is 0.385. The van der Waals surface area contributed by atoms with E-state index in [1.807, 2.05) is 25.1 Å². The van der Waals surface area contributed by atoms with Gasteiger partial charge in [0.1, 0.15) is 12.3 Å². The van der Waals surface area contributed by atoms with Crippen molar-refractivity contribution in [3.05, 3.63) is 71.4 Å². The number of benzene rings is 2. The number of halogens is 2. The molecule has 3 aromatic rings. The molecule has 0 aliphatic heterocycles. The van der Waals surface area contributed by atoms with E-state index in [9.17, 15) is 9.59 Å². The molecule has 0 bridgehead atoms. The molecule has 0 atom stereocenters. The van der Waals surface area contributed by atoms with Crippen molar-refractivity contribution in [2.75, 3.05) is 19.8 Å². The minimum absolute atomic E-state index is 0.0210. The smallest absolute Gasteiger partial charge is 0.419 e. The average Bonchev–Trinajstić information content (AvgIpc) is 3.27. The first-order chi connectivity index (χ1) is 17.3. The molecule has 1 aromatic heterocycles. The number of carbonyl (C=O) groups excluding carboxylic acids is 2. The van der Waals surface area contributed by atoms with Gasteiger partial charge in [-0.2, -0.15) is 8.78 Å². The van der Waals surface area contributed by atoms with E-state index in [1.54, 1.807) is 26.0 Å². The van der Waals surface area contributed by atoms with Gasteiger partial charge in [0.05, 0.1) is 25.3 Å². The molecule has 0 spiro atoms. The highest BCUT2D eigenvalue weighted by Gasteiger charge is 2.45. The van der Waals surface area contributed by atoms with E-state index in [1.165, 1.54) is 24.3 Å². The Kier molecular flexibility index (Phi) is 9.93. The number of hydrogen-bond donors (Lipinski definition) is 0. The van der Waals surface area contributed by atoms with Crippen LogP contribution >= 0.6 is 8.38 Å². The summed E-state index contributed by atoms with van der Waals surface area (Å²) in [5.74, 6) is -0.740. The second-order valence-corrected chi connectivity index (χ2v) is 9.39. The predicted molar refractivity (Wildman–Crippen MR) is 133 cm³/mol. The molecule has 0 radical (unpaired) electrons. The lowest BCUT2D eigenvalue weighted by atomic mass is 10.1. The molecule has 7 nitrogen and oxygen atoms in total. The Balaban J connectivity index is 1.99. The maximum atomic E-state index is 15.2. The first-order valence-electron chi connectivity index (χ1n) is 11.8. The van der Waals surface area contributed by atoms with Gasteiger partial charge in [-0.15, -0.1) is 0 Å². The van der Waals surface area contributed by atoms with Crippen LogP contribution in [0.1, 0.15) is 55.2 Å². The van der Waals surface area contributed by atoms with E-state index >= 15 is 8.78 Å². The minimum Gasteiger partial charge on any atom is -0.461 e. The second kappa shape index (κ2) is 12.9. The van der Waals surface area contributed by atoms with Gasteiger partial charge in [-0.3, -0.25) is 0 Å². The molecule has 10 heteroatoms. The highest BCUT2D eigenvalue weighted by molar-refractivity contribution is 7.48. The van der Waals surface area contributed by atoms with E-state index < -0.39 is 26.1 Å². The zero-order valence-electron chi connectivity index (χ0n) is 20.5. The molecular weight excluding hydrogens is 491 g/mol. The number of rotatable bonds is 12. The fourth-order valence-electron chi connectivity index (χ4n) is 3.46. The van der Waals surface area contributed by atoms with E-state index in [-0.39, 0.29) is 48.6 Å². The Bertz CT molecular complexity index is 1160. The van der Waals surface area contributed by atoms with E-state index in [4.69, 9.17) is 18.5 Å². The zero-order chi connectivity index (χ0) is 26.1. The Morgan fingerprint density at radius 3 is 2.28 bits per heavy atom. The standard InChI is InChI=1S/C26H30F2NO6P/c1-4-7-15-32-24(30)23-17-20-16-21(26(27,28)36(34-5-2)35-6-3)13-14-22(20)29(23)25(31)33-18-19-11-9-8-10-12-19/h8-14,16-17H,4-7,15,18H2,1-3H3. The number of fused-ring (bicyclic) bond motifs is 1. The van der Waals surface area contributed by atoms with Gasteiger partial charge >= 0.3 is 17.7 Å².